The Kier molecular flexibility index (Phi) is 3.01. The van der Waals surface area contributed by atoms with Crippen LogP contribution >= 0.6 is 0 Å². The maximum Gasteiger partial charge on any atom is 0.322 e. The Morgan fingerprint density at radius 1 is 1.06 bits per heavy atom. The highest BCUT2D eigenvalue weighted by molar-refractivity contribution is 6.00. The van der Waals surface area contributed by atoms with Crippen molar-refractivity contribution < 1.29 is 29.3 Å². The number of hydrogen-bond donors (Lipinski definition) is 2. The van der Waals surface area contributed by atoms with Crippen LogP contribution in [0.25, 0.3) is 0 Å². The van der Waals surface area contributed by atoms with Gasteiger partial charge in [-0.3, -0.25) is 14.4 Å². The number of esters is 1. The second-order valence-electron chi connectivity index (χ2n) is 3.95. The van der Waals surface area contributed by atoms with E-state index in [9.17, 15) is 14.4 Å². The SMILES string of the molecule is O=C(O)C1C(=O)OC(c2ccccc2)C1C(=O)O. The van der Waals surface area contributed by atoms with Gasteiger partial charge < -0.3 is 14.9 Å². The van der Waals surface area contributed by atoms with Crippen LogP contribution in [0.5, 0.6) is 0 Å². The Balaban J connectivity index is 2.40. The highest BCUT2D eigenvalue weighted by atomic mass is 16.6. The number of rotatable bonds is 3. The highest BCUT2D eigenvalue weighted by Crippen LogP contribution is 2.39. The molecule has 1 aliphatic rings. The first-order valence-electron chi connectivity index (χ1n) is 5.23. The average molecular weight is 250 g/mol. The second-order valence-corrected chi connectivity index (χ2v) is 3.95. The molecular formula is C12H10O6. The average Bonchev–Trinajstić information content (AvgIpc) is 2.68. The van der Waals surface area contributed by atoms with E-state index < -0.39 is 35.8 Å². The summed E-state index contributed by atoms with van der Waals surface area (Å²) in [6.45, 7) is 0. The topological polar surface area (TPSA) is 101 Å². The van der Waals surface area contributed by atoms with Crippen LogP contribution in [0.3, 0.4) is 0 Å². The zero-order valence-electron chi connectivity index (χ0n) is 9.15. The predicted octanol–water partition coefficient (Wildman–Crippen LogP) is 0.686. The molecule has 0 aliphatic carbocycles. The maximum absolute atomic E-state index is 11.4. The van der Waals surface area contributed by atoms with Gasteiger partial charge in [-0.05, 0) is 5.56 Å². The van der Waals surface area contributed by atoms with E-state index in [0.717, 1.165) is 0 Å². The molecule has 1 heterocycles. The van der Waals surface area contributed by atoms with Crippen LogP contribution in [-0.2, 0) is 19.1 Å². The molecule has 1 aromatic rings. The van der Waals surface area contributed by atoms with Gasteiger partial charge in [0.05, 0.1) is 0 Å². The van der Waals surface area contributed by atoms with Gasteiger partial charge in [0.25, 0.3) is 0 Å². The minimum atomic E-state index is -1.66. The maximum atomic E-state index is 11.4. The molecule has 0 saturated carbocycles. The number of hydrogen-bond acceptors (Lipinski definition) is 4. The van der Waals surface area contributed by atoms with Crippen molar-refractivity contribution in [1.82, 2.24) is 0 Å². The molecule has 3 unspecified atom stereocenters. The molecule has 2 rings (SSSR count). The van der Waals surface area contributed by atoms with E-state index in [4.69, 9.17) is 14.9 Å². The number of cyclic esters (lactones) is 1. The van der Waals surface area contributed by atoms with Crippen molar-refractivity contribution in [2.24, 2.45) is 11.8 Å². The monoisotopic (exact) mass is 250 g/mol. The Morgan fingerprint density at radius 3 is 2.17 bits per heavy atom. The van der Waals surface area contributed by atoms with Crippen LogP contribution in [0.1, 0.15) is 11.7 Å². The van der Waals surface area contributed by atoms with Crippen molar-refractivity contribution in [2.75, 3.05) is 0 Å². The molecule has 3 atom stereocenters. The van der Waals surface area contributed by atoms with Crippen LogP contribution < -0.4 is 0 Å². The van der Waals surface area contributed by atoms with Gasteiger partial charge in [0.2, 0.25) is 0 Å². The molecule has 18 heavy (non-hydrogen) atoms. The van der Waals surface area contributed by atoms with E-state index in [0.29, 0.717) is 5.56 Å². The van der Waals surface area contributed by atoms with Gasteiger partial charge in [-0.15, -0.1) is 0 Å². The van der Waals surface area contributed by atoms with Crippen molar-refractivity contribution in [3.05, 3.63) is 35.9 Å². The van der Waals surface area contributed by atoms with E-state index >= 15 is 0 Å². The second kappa shape index (κ2) is 4.48. The number of ether oxygens (including phenoxy) is 1. The molecule has 6 nitrogen and oxygen atoms in total. The van der Waals surface area contributed by atoms with Crippen LogP contribution in [0.2, 0.25) is 0 Å². The summed E-state index contributed by atoms with van der Waals surface area (Å²) in [5.41, 5.74) is 0.474. The van der Waals surface area contributed by atoms with E-state index in [-0.39, 0.29) is 0 Å². The fourth-order valence-corrected chi connectivity index (χ4v) is 2.04. The van der Waals surface area contributed by atoms with Gasteiger partial charge in [0.15, 0.2) is 5.92 Å². The summed E-state index contributed by atoms with van der Waals surface area (Å²) in [5.74, 6) is -6.92. The molecule has 0 aromatic heterocycles. The van der Waals surface area contributed by atoms with Crippen LogP contribution in [0, 0.1) is 11.8 Å². The number of carbonyl (C=O) groups excluding carboxylic acids is 1. The van der Waals surface area contributed by atoms with Crippen LogP contribution in [0.4, 0.5) is 0 Å². The summed E-state index contributed by atoms with van der Waals surface area (Å²) in [5, 5.41) is 18.0. The minimum Gasteiger partial charge on any atom is -0.481 e. The summed E-state index contributed by atoms with van der Waals surface area (Å²) >= 11 is 0. The lowest BCUT2D eigenvalue weighted by atomic mass is 9.87. The lowest BCUT2D eigenvalue weighted by molar-refractivity contribution is -0.156. The smallest absolute Gasteiger partial charge is 0.322 e. The zero-order valence-corrected chi connectivity index (χ0v) is 9.15. The standard InChI is InChI=1S/C12H10O6/c13-10(14)7-8(11(15)16)12(17)18-9(7)6-4-2-1-3-5-6/h1-5,7-9H,(H,13,14)(H,15,16). The molecule has 1 aliphatic heterocycles. The van der Waals surface area contributed by atoms with Crippen molar-refractivity contribution in [1.29, 1.82) is 0 Å². The molecule has 1 saturated heterocycles. The third kappa shape index (κ3) is 1.92. The van der Waals surface area contributed by atoms with Crippen molar-refractivity contribution in [3.8, 4) is 0 Å². The molecule has 0 spiro atoms. The summed E-state index contributed by atoms with van der Waals surface area (Å²) < 4.78 is 4.89. The van der Waals surface area contributed by atoms with E-state index in [1.54, 1.807) is 30.3 Å². The van der Waals surface area contributed by atoms with Gasteiger partial charge in [-0.1, -0.05) is 30.3 Å². The van der Waals surface area contributed by atoms with Gasteiger partial charge in [-0.25, -0.2) is 0 Å². The first-order valence-corrected chi connectivity index (χ1v) is 5.23. The third-order valence-electron chi connectivity index (χ3n) is 2.86. The fourth-order valence-electron chi connectivity index (χ4n) is 2.04. The largest absolute Gasteiger partial charge is 0.481 e. The van der Waals surface area contributed by atoms with Crippen molar-refractivity contribution >= 4 is 17.9 Å². The van der Waals surface area contributed by atoms with Crippen molar-refractivity contribution in [2.45, 2.75) is 6.10 Å². The molecule has 94 valence electrons. The molecule has 2 N–H and O–H groups in total. The normalized spacial score (nSPS) is 26.7. The molecule has 6 heteroatoms. The minimum absolute atomic E-state index is 0.474. The first kappa shape index (κ1) is 12.1. The quantitative estimate of drug-likeness (QED) is 0.604. The summed E-state index contributed by atoms with van der Waals surface area (Å²) in [6, 6.07) is 8.24. The summed E-state index contributed by atoms with van der Waals surface area (Å²) in [6.07, 6.45) is -1.06. The molecule has 1 aromatic carbocycles. The highest BCUT2D eigenvalue weighted by Gasteiger charge is 2.53. The molecular weight excluding hydrogens is 240 g/mol. The first-order chi connectivity index (χ1) is 8.52. The van der Waals surface area contributed by atoms with Gasteiger partial charge in [0, 0.05) is 0 Å². The fraction of sp³-hybridized carbons (Fsp3) is 0.250. The van der Waals surface area contributed by atoms with Crippen molar-refractivity contribution in [3.63, 3.8) is 0 Å². The summed E-state index contributed by atoms with van der Waals surface area (Å²) in [7, 11) is 0. The number of carboxylic acids is 2. The summed E-state index contributed by atoms with van der Waals surface area (Å²) in [4.78, 5) is 33.5. The third-order valence-corrected chi connectivity index (χ3v) is 2.86. The lowest BCUT2D eigenvalue weighted by Gasteiger charge is -2.15. The van der Waals surface area contributed by atoms with Gasteiger partial charge in [0.1, 0.15) is 12.0 Å². The van der Waals surface area contributed by atoms with Crippen LogP contribution in [0.15, 0.2) is 30.3 Å². The molecule has 1 fully saturated rings. The number of carboxylic acid groups (broad SMARTS) is 2. The lowest BCUT2D eigenvalue weighted by Crippen LogP contribution is -2.31. The molecule has 0 radical (unpaired) electrons. The predicted molar refractivity (Wildman–Crippen MR) is 57.5 cm³/mol. The van der Waals surface area contributed by atoms with Gasteiger partial charge in [-0.2, -0.15) is 0 Å². The van der Waals surface area contributed by atoms with Crippen LogP contribution in [-0.4, -0.2) is 28.1 Å². The Labute approximate surface area is 102 Å². The Bertz CT molecular complexity index is 495. The number of benzene rings is 1. The zero-order chi connectivity index (χ0) is 13.3. The molecule has 0 bridgehead atoms. The Morgan fingerprint density at radius 2 is 1.67 bits per heavy atom. The van der Waals surface area contributed by atoms with E-state index in [1.165, 1.54) is 0 Å². The van der Waals surface area contributed by atoms with Gasteiger partial charge >= 0.3 is 17.9 Å². The number of carbonyl (C=O) groups is 3. The van der Waals surface area contributed by atoms with E-state index in [1.807, 2.05) is 0 Å². The Hall–Kier alpha value is -2.37. The number of aliphatic carboxylic acids is 2. The van der Waals surface area contributed by atoms with E-state index in [2.05, 4.69) is 0 Å². The molecule has 0 amide bonds.